The van der Waals surface area contributed by atoms with Crippen LogP contribution in [0, 0.1) is 5.92 Å². The highest BCUT2D eigenvalue weighted by Crippen LogP contribution is 2.30. The maximum atomic E-state index is 9.89. The maximum absolute atomic E-state index is 9.89. The monoisotopic (exact) mass is 192 g/mol. The van der Waals surface area contributed by atoms with Gasteiger partial charge in [-0.1, -0.05) is 19.9 Å². The Morgan fingerprint density at radius 2 is 2.14 bits per heavy atom. The largest absolute Gasteiger partial charge is 0.493 e. The van der Waals surface area contributed by atoms with Crippen molar-refractivity contribution < 1.29 is 9.84 Å². The van der Waals surface area contributed by atoms with Gasteiger partial charge in [0.25, 0.3) is 0 Å². The maximum Gasteiger partial charge on any atom is 0.122 e. The molecule has 0 bridgehead atoms. The summed E-state index contributed by atoms with van der Waals surface area (Å²) in [6.45, 7) is 4.82. The molecular formula is C12H16O2. The number of aliphatic hydroxyl groups excluding tert-OH is 1. The molecule has 2 nitrogen and oxygen atoms in total. The van der Waals surface area contributed by atoms with Gasteiger partial charge in [0.2, 0.25) is 0 Å². The third-order valence-corrected chi connectivity index (χ3v) is 2.69. The smallest absolute Gasteiger partial charge is 0.122 e. The van der Waals surface area contributed by atoms with Crippen molar-refractivity contribution in [3.63, 3.8) is 0 Å². The van der Waals surface area contributed by atoms with Gasteiger partial charge in [-0.2, -0.15) is 0 Å². The lowest BCUT2D eigenvalue weighted by Gasteiger charge is -2.15. The molecule has 1 unspecified atom stereocenters. The van der Waals surface area contributed by atoms with Crippen molar-refractivity contribution in [1.29, 1.82) is 0 Å². The summed E-state index contributed by atoms with van der Waals surface area (Å²) in [6, 6.07) is 5.98. The van der Waals surface area contributed by atoms with Crippen molar-refractivity contribution in [2.45, 2.75) is 26.4 Å². The molecule has 0 saturated heterocycles. The molecule has 0 aromatic heterocycles. The van der Waals surface area contributed by atoms with Crippen molar-refractivity contribution in [2.24, 2.45) is 5.92 Å². The molecule has 2 heteroatoms. The molecule has 0 spiro atoms. The van der Waals surface area contributed by atoms with Gasteiger partial charge in [0.1, 0.15) is 5.75 Å². The molecule has 0 aliphatic carbocycles. The number of aliphatic hydroxyl groups is 1. The minimum Gasteiger partial charge on any atom is -0.493 e. The van der Waals surface area contributed by atoms with E-state index in [9.17, 15) is 5.11 Å². The topological polar surface area (TPSA) is 29.5 Å². The summed E-state index contributed by atoms with van der Waals surface area (Å²) in [6.07, 6.45) is 0.606. The molecule has 1 aromatic rings. The Bertz CT molecular complexity index is 331. The van der Waals surface area contributed by atoms with E-state index in [1.54, 1.807) is 0 Å². The standard InChI is InChI=1S/C12H16O2/c1-8(2)12(13)10-3-4-11-9(7-10)5-6-14-11/h3-4,7-8,12-13H,5-6H2,1-2H3. The first-order valence-electron chi connectivity index (χ1n) is 5.12. The van der Waals surface area contributed by atoms with E-state index in [1.807, 2.05) is 26.0 Å². The fraction of sp³-hybridized carbons (Fsp3) is 0.500. The Kier molecular flexibility index (Phi) is 2.46. The lowest BCUT2D eigenvalue weighted by atomic mass is 9.97. The summed E-state index contributed by atoms with van der Waals surface area (Å²) in [5, 5.41) is 9.89. The normalized spacial score (nSPS) is 16.6. The molecule has 0 fully saturated rings. The summed E-state index contributed by atoms with van der Waals surface area (Å²) >= 11 is 0. The van der Waals surface area contributed by atoms with Crippen LogP contribution in [0.25, 0.3) is 0 Å². The third-order valence-electron chi connectivity index (χ3n) is 2.69. The molecule has 2 rings (SSSR count). The molecule has 0 saturated carbocycles. The molecule has 14 heavy (non-hydrogen) atoms. The molecule has 0 radical (unpaired) electrons. The second kappa shape index (κ2) is 3.62. The summed E-state index contributed by atoms with van der Waals surface area (Å²) in [5.41, 5.74) is 2.23. The highest BCUT2D eigenvalue weighted by Gasteiger charge is 2.17. The fourth-order valence-electron chi connectivity index (χ4n) is 1.78. The quantitative estimate of drug-likeness (QED) is 0.779. The highest BCUT2D eigenvalue weighted by atomic mass is 16.5. The van der Waals surface area contributed by atoms with Crippen LogP contribution in [0.5, 0.6) is 5.75 Å². The molecule has 1 heterocycles. The van der Waals surface area contributed by atoms with E-state index in [4.69, 9.17) is 4.74 Å². The van der Waals surface area contributed by atoms with Crippen molar-refractivity contribution in [1.82, 2.24) is 0 Å². The van der Waals surface area contributed by atoms with Crippen molar-refractivity contribution in [2.75, 3.05) is 6.61 Å². The zero-order valence-corrected chi connectivity index (χ0v) is 8.66. The molecule has 76 valence electrons. The third kappa shape index (κ3) is 1.62. The van der Waals surface area contributed by atoms with Gasteiger partial charge >= 0.3 is 0 Å². The first-order valence-corrected chi connectivity index (χ1v) is 5.12. The highest BCUT2D eigenvalue weighted by molar-refractivity contribution is 5.40. The van der Waals surface area contributed by atoms with Gasteiger partial charge in [-0.05, 0) is 29.2 Å². The first kappa shape index (κ1) is 9.53. The minimum atomic E-state index is -0.360. The summed E-state index contributed by atoms with van der Waals surface area (Å²) in [7, 11) is 0. The van der Waals surface area contributed by atoms with E-state index in [2.05, 4.69) is 6.07 Å². The van der Waals surface area contributed by atoms with Crippen LogP contribution in [0.3, 0.4) is 0 Å². The summed E-state index contributed by atoms with van der Waals surface area (Å²) < 4.78 is 5.41. The summed E-state index contributed by atoms with van der Waals surface area (Å²) in [4.78, 5) is 0. The Labute approximate surface area is 84.5 Å². The van der Waals surface area contributed by atoms with Gasteiger partial charge in [0.15, 0.2) is 0 Å². The average Bonchev–Trinajstić information content (AvgIpc) is 2.62. The van der Waals surface area contributed by atoms with Crippen LogP contribution >= 0.6 is 0 Å². The Balaban J connectivity index is 2.28. The molecule has 0 amide bonds. The number of fused-ring (bicyclic) bond motifs is 1. The number of benzene rings is 1. The van der Waals surface area contributed by atoms with Crippen molar-refractivity contribution >= 4 is 0 Å². The van der Waals surface area contributed by atoms with E-state index in [0.717, 1.165) is 24.3 Å². The fourth-order valence-corrected chi connectivity index (χ4v) is 1.78. The minimum absolute atomic E-state index is 0.260. The van der Waals surface area contributed by atoms with Crippen LogP contribution < -0.4 is 4.74 Å². The predicted molar refractivity (Wildman–Crippen MR) is 55.4 cm³/mol. The second-order valence-electron chi connectivity index (χ2n) is 4.15. The van der Waals surface area contributed by atoms with Crippen LogP contribution in [0.2, 0.25) is 0 Å². The van der Waals surface area contributed by atoms with Crippen molar-refractivity contribution in [3.05, 3.63) is 29.3 Å². The van der Waals surface area contributed by atoms with E-state index in [-0.39, 0.29) is 12.0 Å². The van der Waals surface area contributed by atoms with Gasteiger partial charge in [-0.25, -0.2) is 0 Å². The number of hydrogen-bond donors (Lipinski definition) is 1. The summed E-state index contributed by atoms with van der Waals surface area (Å²) in [5.74, 6) is 1.24. The lowest BCUT2D eigenvalue weighted by Crippen LogP contribution is -2.05. The molecule has 1 N–H and O–H groups in total. The molecule has 1 aliphatic heterocycles. The van der Waals surface area contributed by atoms with Crippen molar-refractivity contribution in [3.8, 4) is 5.75 Å². The van der Waals surface area contributed by atoms with E-state index in [1.165, 1.54) is 5.56 Å². The Hall–Kier alpha value is -1.02. The zero-order valence-electron chi connectivity index (χ0n) is 8.66. The van der Waals surface area contributed by atoms with Crippen LogP contribution in [0.1, 0.15) is 31.1 Å². The predicted octanol–water partition coefficient (Wildman–Crippen LogP) is 2.31. The number of hydrogen-bond acceptors (Lipinski definition) is 2. The zero-order chi connectivity index (χ0) is 10.1. The average molecular weight is 192 g/mol. The second-order valence-corrected chi connectivity index (χ2v) is 4.15. The molecule has 1 aliphatic rings. The number of ether oxygens (including phenoxy) is 1. The first-order chi connectivity index (χ1) is 6.68. The van der Waals surface area contributed by atoms with Crippen LogP contribution in [0.15, 0.2) is 18.2 Å². The van der Waals surface area contributed by atoms with Gasteiger partial charge in [-0.15, -0.1) is 0 Å². The van der Waals surface area contributed by atoms with Gasteiger partial charge in [0, 0.05) is 6.42 Å². The van der Waals surface area contributed by atoms with E-state index < -0.39 is 0 Å². The van der Waals surface area contributed by atoms with Gasteiger partial charge < -0.3 is 9.84 Å². The molecule has 1 aromatic carbocycles. The molecular weight excluding hydrogens is 176 g/mol. The van der Waals surface area contributed by atoms with Gasteiger partial charge in [-0.3, -0.25) is 0 Å². The van der Waals surface area contributed by atoms with E-state index >= 15 is 0 Å². The Morgan fingerprint density at radius 3 is 2.86 bits per heavy atom. The van der Waals surface area contributed by atoms with Crippen LogP contribution in [-0.2, 0) is 6.42 Å². The lowest BCUT2D eigenvalue weighted by molar-refractivity contribution is 0.127. The van der Waals surface area contributed by atoms with Crippen LogP contribution in [-0.4, -0.2) is 11.7 Å². The Morgan fingerprint density at radius 1 is 1.36 bits per heavy atom. The number of rotatable bonds is 2. The van der Waals surface area contributed by atoms with Crippen LogP contribution in [0.4, 0.5) is 0 Å². The van der Waals surface area contributed by atoms with E-state index in [0.29, 0.717) is 0 Å². The molecule has 1 atom stereocenters. The van der Waals surface area contributed by atoms with Gasteiger partial charge in [0.05, 0.1) is 12.7 Å². The SMILES string of the molecule is CC(C)C(O)c1ccc2c(c1)CCO2.